The first-order chi connectivity index (χ1) is 16.7. The minimum Gasteiger partial charge on any atom is -0.328 e. The number of hydrogen-bond donors (Lipinski definition) is 3. The van der Waals surface area contributed by atoms with Crippen LogP contribution in [0.2, 0.25) is 0 Å². The molecule has 35 heavy (non-hydrogen) atoms. The highest BCUT2D eigenvalue weighted by molar-refractivity contribution is 7.92. The SMILES string of the molecule is Cc1ccc(NC(=O)C2CC3(CC(N)CCS3(=O)=O)C2)cc1Nc1nccc(-c2cccnc2)n1. The third-order valence-electron chi connectivity index (χ3n) is 7.02. The van der Waals surface area contributed by atoms with E-state index >= 15 is 0 Å². The van der Waals surface area contributed by atoms with Crippen molar-refractivity contribution in [3.63, 3.8) is 0 Å². The number of carbonyl (C=O) groups is 1. The number of benzene rings is 1. The highest BCUT2D eigenvalue weighted by atomic mass is 32.2. The van der Waals surface area contributed by atoms with Gasteiger partial charge in [0.25, 0.3) is 0 Å². The summed E-state index contributed by atoms with van der Waals surface area (Å²) >= 11 is 0. The molecule has 1 aliphatic carbocycles. The first kappa shape index (κ1) is 23.4. The number of amides is 1. The minimum atomic E-state index is -3.22. The predicted octanol–water partition coefficient (Wildman–Crippen LogP) is 3.21. The number of aromatic nitrogens is 3. The lowest BCUT2D eigenvalue weighted by atomic mass is 9.70. The van der Waals surface area contributed by atoms with Gasteiger partial charge in [0, 0.05) is 47.5 Å². The summed E-state index contributed by atoms with van der Waals surface area (Å²) in [6.45, 7) is 1.95. The van der Waals surface area contributed by atoms with Gasteiger partial charge in [0.05, 0.1) is 16.2 Å². The van der Waals surface area contributed by atoms with Gasteiger partial charge in [0.1, 0.15) is 0 Å². The third kappa shape index (κ3) is 4.63. The maximum atomic E-state index is 12.9. The number of carbonyl (C=O) groups excluding carboxylic acids is 1. The molecule has 2 aliphatic rings. The van der Waals surface area contributed by atoms with E-state index in [1.54, 1.807) is 18.6 Å². The van der Waals surface area contributed by atoms with Gasteiger partial charge in [-0.1, -0.05) is 6.07 Å². The fraction of sp³-hybridized carbons (Fsp3) is 0.360. The molecule has 1 aromatic carbocycles. The second-order valence-corrected chi connectivity index (χ2v) is 12.0. The smallest absolute Gasteiger partial charge is 0.227 e. The summed E-state index contributed by atoms with van der Waals surface area (Å²) < 4.78 is 24.4. The summed E-state index contributed by atoms with van der Waals surface area (Å²) in [5.41, 5.74) is 10.0. The van der Waals surface area contributed by atoms with E-state index in [1.165, 1.54) is 0 Å². The number of hydrogen-bond acceptors (Lipinski definition) is 8. The Morgan fingerprint density at radius 1 is 1.14 bits per heavy atom. The van der Waals surface area contributed by atoms with Gasteiger partial charge in [-0.2, -0.15) is 0 Å². The van der Waals surface area contributed by atoms with E-state index in [0.29, 0.717) is 37.3 Å². The molecule has 0 bridgehead atoms. The molecule has 1 aliphatic heterocycles. The van der Waals surface area contributed by atoms with Crippen molar-refractivity contribution in [2.24, 2.45) is 11.7 Å². The molecule has 182 valence electrons. The zero-order valence-corrected chi connectivity index (χ0v) is 20.3. The Morgan fingerprint density at radius 3 is 2.74 bits per heavy atom. The number of sulfone groups is 1. The summed E-state index contributed by atoms with van der Waals surface area (Å²) in [6.07, 6.45) is 6.73. The molecule has 0 radical (unpaired) electrons. The molecule has 1 atom stereocenters. The van der Waals surface area contributed by atoms with Crippen LogP contribution in [0.1, 0.15) is 31.2 Å². The summed E-state index contributed by atoms with van der Waals surface area (Å²) in [5, 5.41) is 6.17. The average molecular weight is 493 g/mol. The molecule has 1 saturated heterocycles. The molecular weight excluding hydrogens is 464 g/mol. The Bertz CT molecular complexity index is 1360. The van der Waals surface area contributed by atoms with Gasteiger partial charge in [-0.3, -0.25) is 9.78 Å². The molecule has 3 aromatic rings. The average Bonchev–Trinajstić information content (AvgIpc) is 2.82. The van der Waals surface area contributed by atoms with Gasteiger partial charge in [-0.15, -0.1) is 0 Å². The molecule has 1 spiro atoms. The molecule has 4 N–H and O–H groups in total. The summed E-state index contributed by atoms with van der Waals surface area (Å²) in [6, 6.07) is 11.0. The topological polar surface area (TPSA) is 140 Å². The zero-order valence-electron chi connectivity index (χ0n) is 19.4. The first-order valence-corrected chi connectivity index (χ1v) is 13.3. The highest BCUT2D eigenvalue weighted by Crippen LogP contribution is 2.50. The molecule has 2 aromatic heterocycles. The van der Waals surface area contributed by atoms with E-state index in [-0.39, 0.29) is 23.6 Å². The summed E-state index contributed by atoms with van der Waals surface area (Å²) in [5.74, 6) is 0.0270. The number of nitrogens with two attached hydrogens (primary N) is 1. The van der Waals surface area contributed by atoms with Gasteiger partial charge in [-0.05, 0) is 68.5 Å². The minimum absolute atomic E-state index is 0.111. The van der Waals surface area contributed by atoms with E-state index in [1.807, 2.05) is 43.3 Å². The molecular formula is C25H28N6O3S. The maximum absolute atomic E-state index is 12.9. The number of nitrogens with one attached hydrogen (secondary N) is 2. The number of aryl methyl sites for hydroxylation is 1. The lowest BCUT2D eigenvalue weighted by molar-refractivity contribution is -0.123. The number of rotatable bonds is 5. The molecule has 10 heteroatoms. The van der Waals surface area contributed by atoms with E-state index in [9.17, 15) is 13.2 Å². The Morgan fingerprint density at radius 2 is 1.97 bits per heavy atom. The van der Waals surface area contributed by atoms with Gasteiger partial charge in [-0.25, -0.2) is 18.4 Å². The fourth-order valence-corrected chi connectivity index (χ4v) is 7.39. The van der Waals surface area contributed by atoms with Crippen molar-refractivity contribution < 1.29 is 13.2 Å². The Hall–Kier alpha value is -3.37. The number of anilines is 3. The van der Waals surface area contributed by atoms with Crippen LogP contribution in [-0.2, 0) is 14.6 Å². The lowest BCUT2D eigenvalue weighted by Gasteiger charge is -2.49. The Labute approximate surface area is 204 Å². The largest absolute Gasteiger partial charge is 0.328 e. The Kier molecular flexibility index (Phi) is 6.02. The molecule has 1 saturated carbocycles. The van der Waals surface area contributed by atoms with Crippen LogP contribution in [0.15, 0.2) is 55.0 Å². The molecule has 5 rings (SSSR count). The normalized spacial score (nSPS) is 25.0. The summed E-state index contributed by atoms with van der Waals surface area (Å²) in [7, 11) is -3.22. The fourth-order valence-electron chi connectivity index (χ4n) is 4.97. The quantitative estimate of drug-likeness (QED) is 0.493. The van der Waals surface area contributed by atoms with Crippen LogP contribution in [0.5, 0.6) is 0 Å². The Balaban J connectivity index is 1.27. The third-order valence-corrected chi connectivity index (χ3v) is 9.62. The monoisotopic (exact) mass is 492 g/mol. The van der Waals surface area contributed by atoms with Crippen molar-refractivity contribution in [2.45, 2.75) is 43.4 Å². The standard InChI is InChI=1S/C25H28N6O3S/c1-16-4-5-20(29-23(32)18-12-25(13-18)14-19(26)7-10-35(25,33)34)11-22(16)31-24-28-9-6-21(30-24)17-3-2-8-27-15-17/h2-6,8-9,11,15,18-19H,7,10,12-14,26H2,1H3,(H,29,32)(H,28,30,31). The predicted molar refractivity (Wildman–Crippen MR) is 135 cm³/mol. The van der Waals surface area contributed by atoms with E-state index < -0.39 is 14.6 Å². The van der Waals surface area contributed by atoms with Crippen LogP contribution in [0.4, 0.5) is 17.3 Å². The van der Waals surface area contributed by atoms with Crippen LogP contribution >= 0.6 is 0 Å². The second kappa shape index (κ2) is 9.01. The van der Waals surface area contributed by atoms with E-state index in [4.69, 9.17) is 5.73 Å². The van der Waals surface area contributed by atoms with Crippen molar-refractivity contribution in [2.75, 3.05) is 16.4 Å². The zero-order chi connectivity index (χ0) is 24.6. The van der Waals surface area contributed by atoms with Gasteiger partial charge in [0.2, 0.25) is 11.9 Å². The molecule has 1 amide bonds. The van der Waals surface area contributed by atoms with Crippen LogP contribution in [0.3, 0.4) is 0 Å². The van der Waals surface area contributed by atoms with Crippen LogP contribution in [0.25, 0.3) is 11.3 Å². The van der Waals surface area contributed by atoms with E-state index in [2.05, 4.69) is 25.6 Å². The maximum Gasteiger partial charge on any atom is 0.227 e. The van der Waals surface area contributed by atoms with Crippen molar-refractivity contribution in [3.8, 4) is 11.3 Å². The van der Waals surface area contributed by atoms with Crippen LogP contribution in [0, 0.1) is 12.8 Å². The number of pyridine rings is 1. The van der Waals surface area contributed by atoms with Gasteiger partial charge >= 0.3 is 0 Å². The first-order valence-electron chi connectivity index (χ1n) is 11.6. The summed E-state index contributed by atoms with van der Waals surface area (Å²) in [4.78, 5) is 25.9. The lowest BCUT2D eigenvalue weighted by Crippen LogP contribution is -2.59. The second-order valence-electron chi connectivity index (χ2n) is 9.51. The molecule has 9 nitrogen and oxygen atoms in total. The van der Waals surface area contributed by atoms with Crippen molar-refractivity contribution >= 4 is 33.1 Å². The highest BCUT2D eigenvalue weighted by Gasteiger charge is 2.57. The molecule has 1 unspecified atom stereocenters. The molecule has 2 fully saturated rings. The van der Waals surface area contributed by atoms with Crippen molar-refractivity contribution in [1.82, 2.24) is 15.0 Å². The molecule has 3 heterocycles. The number of nitrogens with zero attached hydrogens (tertiary/aromatic N) is 3. The van der Waals surface area contributed by atoms with E-state index in [0.717, 1.165) is 22.5 Å². The van der Waals surface area contributed by atoms with Gasteiger partial charge < -0.3 is 16.4 Å². The van der Waals surface area contributed by atoms with Gasteiger partial charge in [0.15, 0.2) is 9.84 Å². The van der Waals surface area contributed by atoms with Crippen LogP contribution in [-0.4, -0.2) is 45.8 Å². The van der Waals surface area contributed by atoms with Crippen LogP contribution < -0.4 is 16.4 Å². The van der Waals surface area contributed by atoms with Crippen molar-refractivity contribution in [3.05, 3.63) is 60.6 Å². The van der Waals surface area contributed by atoms with Crippen molar-refractivity contribution in [1.29, 1.82) is 0 Å².